The number of nitrogens with two attached hydrogens (primary N) is 1. The van der Waals surface area contributed by atoms with E-state index in [2.05, 4.69) is 9.97 Å². The van der Waals surface area contributed by atoms with Crippen molar-refractivity contribution in [2.75, 3.05) is 5.73 Å². The van der Waals surface area contributed by atoms with Gasteiger partial charge < -0.3 is 5.73 Å². The first-order valence-electron chi connectivity index (χ1n) is 3.47. The van der Waals surface area contributed by atoms with Crippen LogP contribution in [0.3, 0.4) is 0 Å². The van der Waals surface area contributed by atoms with E-state index in [9.17, 15) is 0 Å². The van der Waals surface area contributed by atoms with Gasteiger partial charge in [0.2, 0.25) is 0 Å². The number of rotatable bonds is 1. The van der Waals surface area contributed by atoms with Gasteiger partial charge in [-0.3, -0.25) is 4.98 Å². The summed E-state index contributed by atoms with van der Waals surface area (Å²) in [6.07, 6.45) is 3.48. The summed E-state index contributed by atoms with van der Waals surface area (Å²) in [5, 5.41) is 0.739. The topological polar surface area (TPSA) is 51.8 Å². The van der Waals surface area contributed by atoms with E-state index in [0.717, 1.165) is 16.3 Å². The van der Waals surface area contributed by atoms with Gasteiger partial charge in [-0.2, -0.15) is 0 Å². The van der Waals surface area contributed by atoms with E-state index in [1.165, 1.54) is 11.3 Å². The molecule has 0 radical (unpaired) electrons. The number of aromatic nitrogens is 2. The maximum atomic E-state index is 5.70. The highest BCUT2D eigenvalue weighted by Gasteiger charge is 2.03. The molecule has 0 amide bonds. The highest BCUT2D eigenvalue weighted by atomic mass is 32.1. The molecule has 2 rings (SSSR count). The minimum Gasteiger partial charge on any atom is -0.389 e. The van der Waals surface area contributed by atoms with Crippen LogP contribution in [-0.2, 0) is 0 Å². The first-order valence-corrected chi connectivity index (χ1v) is 4.35. The molecule has 2 heterocycles. The average Bonchev–Trinajstić information content (AvgIpc) is 2.53. The first kappa shape index (κ1) is 7.24. The molecule has 0 unspecified atom stereocenters. The predicted octanol–water partition coefficient (Wildman–Crippen LogP) is 1.79. The van der Waals surface area contributed by atoms with Crippen molar-refractivity contribution in [2.45, 2.75) is 0 Å². The molecule has 2 aromatic rings. The van der Waals surface area contributed by atoms with Crippen LogP contribution >= 0.6 is 11.3 Å². The molecule has 0 saturated carbocycles. The fourth-order valence-corrected chi connectivity index (χ4v) is 1.53. The molecule has 0 atom stereocenters. The molecule has 3 nitrogen and oxygen atoms in total. The molecule has 2 aromatic heterocycles. The maximum absolute atomic E-state index is 5.70. The summed E-state index contributed by atoms with van der Waals surface area (Å²) in [5.74, 6) is 0. The Kier molecular flexibility index (Phi) is 1.75. The Labute approximate surface area is 73.9 Å². The number of nitrogens with zero attached hydrogens (tertiary/aromatic N) is 2. The molecule has 0 saturated heterocycles. The van der Waals surface area contributed by atoms with Gasteiger partial charge >= 0.3 is 0 Å². The normalized spacial score (nSPS) is 10.0. The van der Waals surface area contributed by atoms with Crippen molar-refractivity contribution in [1.82, 2.24) is 9.97 Å². The summed E-state index contributed by atoms with van der Waals surface area (Å²) < 4.78 is 0. The Morgan fingerprint density at radius 1 is 1.42 bits per heavy atom. The van der Waals surface area contributed by atoms with Crippen LogP contribution in [0.1, 0.15) is 0 Å². The van der Waals surface area contributed by atoms with Gasteiger partial charge in [0.1, 0.15) is 10.7 Å². The summed E-state index contributed by atoms with van der Waals surface area (Å²) in [6, 6.07) is 3.81. The quantitative estimate of drug-likeness (QED) is 0.722. The van der Waals surface area contributed by atoms with Gasteiger partial charge in [0, 0.05) is 18.0 Å². The minimum absolute atomic E-state index is 0.739. The second-order valence-electron chi connectivity index (χ2n) is 2.31. The van der Waals surface area contributed by atoms with Crippen LogP contribution in [0.4, 0.5) is 5.00 Å². The van der Waals surface area contributed by atoms with E-state index in [-0.39, 0.29) is 0 Å². The van der Waals surface area contributed by atoms with Crippen molar-refractivity contribution >= 4 is 16.3 Å². The second kappa shape index (κ2) is 2.91. The molecule has 0 aliphatic carbocycles. The molecule has 60 valence electrons. The van der Waals surface area contributed by atoms with E-state index in [0.29, 0.717) is 0 Å². The number of pyridine rings is 1. The van der Waals surface area contributed by atoms with E-state index in [1.807, 2.05) is 12.1 Å². The Bertz CT molecular complexity index is 369. The zero-order chi connectivity index (χ0) is 8.39. The van der Waals surface area contributed by atoms with Crippen LogP contribution in [0.5, 0.6) is 0 Å². The molecule has 2 N–H and O–H groups in total. The number of hydrogen-bond acceptors (Lipinski definition) is 4. The minimum atomic E-state index is 0.739. The van der Waals surface area contributed by atoms with Crippen LogP contribution in [0, 0.1) is 0 Å². The van der Waals surface area contributed by atoms with E-state index < -0.39 is 0 Å². The van der Waals surface area contributed by atoms with E-state index in [4.69, 9.17) is 5.73 Å². The molecular weight excluding hydrogens is 170 g/mol. The van der Waals surface area contributed by atoms with Crippen molar-refractivity contribution < 1.29 is 0 Å². The highest BCUT2D eigenvalue weighted by molar-refractivity contribution is 7.14. The monoisotopic (exact) mass is 177 g/mol. The van der Waals surface area contributed by atoms with Crippen molar-refractivity contribution in [2.24, 2.45) is 0 Å². The largest absolute Gasteiger partial charge is 0.389 e. The Morgan fingerprint density at radius 2 is 2.33 bits per heavy atom. The summed E-state index contributed by atoms with van der Waals surface area (Å²) >= 11 is 1.44. The van der Waals surface area contributed by atoms with Crippen molar-refractivity contribution in [1.29, 1.82) is 0 Å². The molecule has 0 aliphatic rings. The van der Waals surface area contributed by atoms with Crippen LogP contribution in [-0.4, -0.2) is 9.97 Å². The fraction of sp³-hybridized carbons (Fsp3) is 0. The number of nitrogen functional groups attached to an aromatic ring is 1. The molecule has 0 bridgehead atoms. The van der Waals surface area contributed by atoms with Gasteiger partial charge in [-0.1, -0.05) is 0 Å². The zero-order valence-electron chi connectivity index (χ0n) is 6.27. The predicted molar refractivity (Wildman–Crippen MR) is 49.8 cm³/mol. The Morgan fingerprint density at radius 3 is 2.92 bits per heavy atom. The van der Waals surface area contributed by atoms with Crippen LogP contribution in [0.15, 0.2) is 30.0 Å². The van der Waals surface area contributed by atoms with Crippen LogP contribution in [0.25, 0.3) is 11.3 Å². The number of thiazole rings is 1. The molecule has 0 fully saturated rings. The third-order valence-corrected chi connectivity index (χ3v) is 2.19. The first-order chi connectivity index (χ1) is 5.88. The SMILES string of the molecule is Nc1scnc1-c1cccnc1. The zero-order valence-corrected chi connectivity index (χ0v) is 7.08. The number of hydrogen-bond donors (Lipinski definition) is 1. The lowest BCUT2D eigenvalue weighted by molar-refractivity contribution is 1.31. The number of anilines is 1. The smallest absolute Gasteiger partial charge is 0.114 e. The summed E-state index contributed by atoms with van der Waals surface area (Å²) in [5.41, 5.74) is 9.23. The lowest BCUT2D eigenvalue weighted by Crippen LogP contribution is -1.85. The van der Waals surface area contributed by atoms with Crippen LogP contribution < -0.4 is 5.73 Å². The van der Waals surface area contributed by atoms with Crippen molar-refractivity contribution in [3.63, 3.8) is 0 Å². The summed E-state index contributed by atoms with van der Waals surface area (Å²) in [7, 11) is 0. The van der Waals surface area contributed by atoms with Crippen molar-refractivity contribution in [3.05, 3.63) is 30.0 Å². The van der Waals surface area contributed by atoms with Gasteiger partial charge in [0.05, 0.1) is 5.51 Å². The molecule has 4 heteroatoms. The molecule has 0 spiro atoms. The van der Waals surface area contributed by atoms with Gasteiger partial charge in [0.15, 0.2) is 0 Å². The molecule has 0 aromatic carbocycles. The third-order valence-electron chi connectivity index (χ3n) is 1.53. The average molecular weight is 177 g/mol. The second-order valence-corrected chi connectivity index (χ2v) is 3.19. The highest BCUT2D eigenvalue weighted by Crippen LogP contribution is 2.26. The van der Waals surface area contributed by atoms with E-state index in [1.54, 1.807) is 17.9 Å². The third kappa shape index (κ3) is 1.16. The van der Waals surface area contributed by atoms with Gasteiger partial charge in [-0.25, -0.2) is 4.98 Å². The summed E-state index contributed by atoms with van der Waals surface area (Å²) in [4.78, 5) is 8.13. The molecular formula is C8H7N3S. The lowest BCUT2D eigenvalue weighted by atomic mass is 10.2. The fourth-order valence-electron chi connectivity index (χ4n) is 0.975. The Balaban J connectivity index is 2.51. The maximum Gasteiger partial charge on any atom is 0.114 e. The standard InChI is InChI=1S/C8H7N3S/c9-8-7(11-5-12-8)6-2-1-3-10-4-6/h1-5H,9H2. The van der Waals surface area contributed by atoms with Crippen LogP contribution in [0.2, 0.25) is 0 Å². The van der Waals surface area contributed by atoms with Gasteiger partial charge in [-0.15, -0.1) is 11.3 Å². The lowest BCUT2D eigenvalue weighted by Gasteiger charge is -1.95. The van der Waals surface area contributed by atoms with E-state index >= 15 is 0 Å². The summed E-state index contributed by atoms with van der Waals surface area (Å²) in [6.45, 7) is 0. The Hall–Kier alpha value is -1.42. The van der Waals surface area contributed by atoms with Crippen molar-refractivity contribution in [3.8, 4) is 11.3 Å². The van der Waals surface area contributed by atoms with Gasteiger partial charge in [0.25, 0.3) is 0 Å². The van der Waals surface area contributed by atoms with Gasteiger partial charge in [-0.05, 0) is 12.1 Å². The molecule has 0 aliphatic heterocycles. The molecule has 12 heavy (non-hydrogen) atoms.